The minimum Gasteiger partial charge on any atom is -0.320 e. The average Bonchev–Trinajstić information content (AvgIpc) is 2.35. The van der Waals surface area contributed by atoms with Crippen LogP contribution in [-0.2, 0) is 10.0 Å². The van der Waals surface area contributed by atoms with E-state index in [1.807, 2.05) is 7.05 Å². The number of hydrogen-bond acceptors (Lipinski definition) is 4. The summed E-state index contributed by atoms with van der Waals surface area (Å²) >= 11 is 0. The van der Waals surface area contributed by atoms with Crippen LogP contribution in [0.1, 0.15) is 25.7 Å². The van der Waals surface area contributed by atoms with Crippen LogP contribution in [-0.4, -0.2) is 70.2 Å². The largest absolute Gasteiger partial charge is 0.320 e. The van der Waals surface area contributed by atoms with Gasteiger partial charge in [0, 0.05) is 13.1 Å². The van der Waals surface area contributed by atoms with Crippen molar-refractivity contribution in [2.24, 2.45) is 0 Å². The smallest absolute Gasteiger partial charge is 0.214 e. The van der Waals surface area contributed by atoms with Gasteiger partial charge in [0.1, 0.15) is 0 Å². The topological polar surface area (TPSA) is 52.7 Å². The molecular formula is C12H27N3O2S. The van der Waals surface area contributed by atoms with Crippen LogP contribution in [0.3, 0.4) is 0 Å². The van der Waals surface area contributed by atoms with Crippen LogP contribution in [0.2, 0.25) is 0 Å². The maximum Gasteiger partial charge on any atom is 0.214 e. The lowest BCUT2D eigenvalue weighted by Crippen LogP contribution is -2.45. The Morgan fingerprint density at radius 2 is 1.89 bits per heavy atom. The summed E-state index contributed by atoms with van der Waals surface area (Å²) in [5.74, 6) is 0.275. The molecule has 5 nitrogen and oxygen atoms in total. The van der Waals surface area contributed by atoms with Crippen molar-refractivity contribution < 1.29 is 8.42 Å². The van der Waals surface area contributed by atoms with Gasteiger partial charge in [0.2, 0.25) is 10.0 Å². The van der Waals surface area contributed by atoms with E-state index >= 15 is 0 Å². The van der Waals surface area contributed by atoms with Crippen LogP contribution in [0.25, 0.3) is 0 Å². The highest BCUT2D eigenvalue weighted by atomic mass is 32.2. The van der Waals surface area contributed by atoms with Crippen LogP contribution in [0.5, 0.6) is 0 Å². The molecule has 0 saturated carbocycles. The Morgan fingerprint density at radius 3 is 2.44 bits per heavy atom. The summed E-state index contributed by atoms with van der Waals surface area (Å²) in [6.45, 7) is 2.86. The Morgan fingerprint density at radius 1 is 1.28 bits per heavy atom. The van der Waals surface area contributed by atoms with E-state index in [-0.39, 0.29) is 11.8 Å². The third kappa shape index (κ3) is 4.84. The minimum absolute atomic E-state index is 0.190. The first-order valence-corrected chi connectivity index (χ1v) is 8.37. The van der Waals surface area contributed by atoms with Crippen molar-refractivity contribution in [1.82, 2.24) is 14.5 Å². The van der Waals surface area contributed by atoms with Crippen molar-refractivity contribution in [1.29, 1.82) is 0 Å². The fraction of sp³-hybridized carbons (Fsp3) is 1.00. The van der Waals surface area contributed by atoms with Gasteiger partial charge in [0.15, 0.2) is 0 Å². The maximum absolute atomic E-state index is 12.2. The Labute approximate surface area is 112 Å². The number of sulfonamides is 1. The standard InChI is InChI=1S/C12H27N3O2S/c1-13-8-4-5-11-18(16,17)15(3)12-6-9-14(2)10-7-12/h12-13H,4-11H2,1-3H3. The van der Waals surface area contributed by atoms with Crippen LogP contribution in [0.15, 0.2) is 0 Å². The molecule has 1 rings (SSSR count). The van der Waals surface area contributed by atoms with Crippen LogP contribution in [0.4, 0.5) is 0 Å². The van der Waals surface area contributed by atoms with Crippen LogP contribution >= 0.6 is 0 Å². The van der Waals surface area contributed by atoms with Gasteiger partial charge in [0.25, 0.3) is 0 Å². The number of nitrogens with one attached hydrogen (secondary N) is 1. The van der Waals surface area contributed by atoms with E-state index in [4.69, 9.17) is 0 Å². The molecule has 0 aromatic rings. The highest BCUT2D eigenvalue weighted by Crippen LogP contribution is 2.17. The summed E-state index contributed by atoms with van der Waals surface area (Å²) in [6, 6.07) is 0.190. The fourth-order valence-electron chi connectivity index (χ4n) is 2.32. The molecule has 0 atom stereocenters. The zero-order valence-electron chi connectivity index (χ0n) is 11.9. The molecule has 108 valence electrons. The third-order valence-corrected chi connectivity index (χ3v) is 5.70. The van der Waals surface area contributed by atoms with Crippen molar-refractivity contribution in [3.05, 3.63) is 0 Å². The number of rotatable bonds is 7. The van der Waals surface area contributed by atoms with E-state index in [2.05, 4.69) is 17.3 Å². The molecule has 18 heavy (non-hydrogen) atoms. The van der Waals surface area contributed by atoms with Gasteiger partial charge in [-0.25, -0.2) is 12.7 Å². The Bertz CT molecular complexity index is 324. The van der Waals surface area contributed by atoms with Gasteiger partial charge in [-0.2, -0.15) is 0 Å². The molecule has 1 saturated heterocycles. The van der Waals surface area contributed by atoms with E-state index in [1.54, 1.807) is 11.4 Å². The molecule has 6 heteroatoms. The molecule has 1 N–H and O–H groups in total. The molecule has 1 heterocycles. The van der Waals surface area contributed by atoms with Crippen molar-refractivity contribution in [2.45, 2.75) is 31.7 Å². The van der Waals surface area contributed by atoms with Gasteiger partial charge in [-0.05, 0) is 59.4 Å². The number of unbranched alkanes of at least 4 members (excludes halogenated alkanes) is 1. The minimum atomic E-state index is -3.07. The molecule has 0 radical (unpaired) electrons. The highest BCUT2D eigenvalue weighted by molar-refractivity contribution is 7.89. The van der Waals surface area contributed by atoms with Gasteiger partial charge in [-0.1, -0.05) is 0 Å². The fourth-order valence-corrected chi connectivity index (χ4v) is 3.84. The molecule has 0 aromatic heterocycles. The number of piperidine rings is 1. The SMILES string of the molecule is CNCCCCS(=O)(=O)N(C)C1CCN(C)CC1. The van der Waals surface area contributed by atoms with E-state index < -0.39 is 10.0 Å². The van der Waals surface area contributed by atoms with Gasteiger partial charge >= 0.3 is 0 Å². The van der Waals surface area contributed by atoms with E-state index in [9.17, 15) is 8.42 Å². The van der Waals surface area contributed by atoms with E-state index in [0.29, 0.717) is 0 Å². The molecule has 0 amide bonds. The second-order valence-electron chi connectivity index (χ2n) is 5.18. The van der Waals surface area contributed by atoms with Gasteiger partial charge in [-0.15, -0.1) is 0 Å². The van der Waals surface area contributed by atoms with Gasteiger partial charge in [-0.3, -0.25) is 0 Å². The molecule has 1 aliphatic heterocycles. The van der Waals surface area contributed by atoms with Crippen molar-refractivity contribution in [3.8, 4) is 0 Å². The lowest BCUT2D eigenvalue weighted by molar-refractivity contribution is 0.197. The van der Waals surface area contributed by atoms with Crippen LogP contribution in [0, 0.1) is 0 Å². The normalized spacial score (nSPS) is 19.6. The quantitative estimate of drug-likeness (QED) is 0.682. The van der Waals surface area contributed by atoms with Crippen LogP contribution < -0.4 is 5.32 Å². The van der Waals surface area contributed by atoms with Gasteiger partial charge < -0.3 is 10.2 Å². The summed E-state index contributed by atoms with van der Waals surface area (Å²) in [4.78, 5) is 2.25. The highest BCUT2D eigenvalue weighted by Gasteiger charge is 2.28. The second-order valence-corrected chi connectivity index (χ2v) is 7.33. The predicted octanol–water partition coefficient (Wildman–Crippen LogP) is 0.342. The second kappa shape index (κ2) is 7.43. The first-order valence-electron chi connectivity index (χ1n) is 6.76. The lowest BCUT2D eigenvalue weighted by atomic mass is 10.1. The number of nitrogens with zero attached hydrogens (tertiary/aromatic N) is 2. The number of likely N-dealkylation sites (tertiary alicyclic amines) is 1. The number of hydrogen-bond donors (Lipinski definition) is 1. The summed E-state index contributed by atoms with van der Waals surface area (Å²) in [5.41, 5.74) is 0. The Hall–Kier alpha value is -0.170. The average molecular weight is 277 g/mol. The molecule has 0 aromatic carbocycles. The van der Waals surface area contributed by atoms with Crippen molar-refractivity contribution >= 4 is 10.0 Å². The summed E-state index contributed by atoms with van der Waals surface area (Å²) in [5, 5.41) is 3.04. The van der Waals surface area contributed by atoms with E-state index in [0.717, 1.165) is 45.3 Å². The summed E-state index contributed by atoms with van der Waals surface area (Å²) in [7, 11) is 2.64. The first-order chi connectivity index (χ1) is 8.47. The monoisotopic (exact) mass is 277 g/mol. The molecule has 0 aliphatic carbocycles. The molecule has 0 spiro atoms. The zero-order chi connectivity index (χ0) is 13.6. The van der Waals surface area contributed by atoms with Crippen molar-refractivity contribution in [2.75, 3.05) is 46.5 Å². The lowest BCUT2D eigenvalue weighted by Gasteiger charge is -2.34. The third-order valence-electron chi connectivity index (χ3n) is 3.72. The first kappa shape index (κ1) is 15.9. The summed E-state index contributed by atoms with van der Waals surface area (Å²) < 4.78 is 25.9. The van der Waals surface area contributed by atoms with Gasteiger partial charge in [0.05, 0.1) is 5.75 Å². The van der Waals surface area contributed by atoms with Crippen molar-refractivity contribution in [3.63, 3.8) is 0 Å². The summed E-state index contributed by atoms with van der Waals surface area (Å²) in [6.07, 6.45) is 3.54. The molecule has 1 fully saturated rings. The van der Waals surface area contributed by atoms with E-state index in [1.165, 1.54) is 0 Å². The predicted molar refractivity (Wildman–Crippen MR) is 75.2 cm³/mol. The molecule has 0 unspecified atom stereocenters. The maximum atomic E-state index is 12.2. The Kier molecular flexibility index (Phi) is 6.55. The Balaban J connectivity index is 2.41. The zero-order valence-corrected chi connectivity index (χ0v) is 12.7. The molecule has 0 bridgehead atoms. The molecule has 1 aliphatic rings. The molecular weight excluding hydrogens is 250 g/mol.